The van der Waals surface area contributed by atoms with Crippen LogP contribution < -0.4 is 5.56 Å². The van der Waals surface area contributed by atoms with Crippen LogP contribution >= 0.6 is 15.9 Å². The molecule has 4 rings (SSSR count). The molecule has 0 aliphatic carbocycles. The Kier molecular flexibility index (Phi) is 4.46. The third-order valence-corrected chi connectivity index (χ3v) is 4.88. The Balaban J connectivity index is 1.61. The predicted molar refractivity (Wildman–Crippen MR) is 100 cm³/mol. The second-order valence-corrected chi connectivity index (χ2v) is 7.09. The van der Waals surface area contributed by atoms with Gasteiger partial charge in [0, 0.05) is 47.6 Å². The lowest BCUT2D eigenvalue weighted by molar-refractivity contribution is 0.240. The lowest BCUT2D eigenvalue weighted by atomic mass is 10.1. The van der Waals surface area contributed by atoms with E-state index in [1.807, 2.05) is 24.3 Å². The van der Waals surface area contributed by atoms with Crippen LogP contribution in [0.25, 0.3) is 11.4 Å². The summed E-state index contributed by atoms with van der Waals surface area (Å²) in [7, 11) is 0. The molecule has 0 saturated heterocycles. The molecule has 6 heteroatoms. The molecular formula is C19H17BrN4O. The van der Waals surface area contributed by atoms with Crippen molar-refractivity contribution < 1.29 is 0 Å². The maximum Gasteiger partial charge on any atom is 0.254 e. The molecule has 3 heterocycles. The summed E-state index contributed by atoms with van der Waals surface area (Å²) < 4.78 is 1.08. The van der Waals surface area contributed by atoms with E-state index in [2.05, 4.69) is 42.9 Å². The maximum atomic E-state index is 12.4. The first-order valence-corrected chi connectivity index (χ1v) is 8.97. The highest BCUT2D eigenvalue weighted by molar-refractivity contribution is 9.10. The van der Waals surface area contributed by atoms with Crippen LogP contribution in [-0.4, -0.2) is 26.4 Å². The smallest absolute Gasteiger partial charge is 0.254 e. The zero-order valence-corrected chi connectivity index (χ0v) is 15.2. The number of benzene rings is 1. The minimum atomic E-state index is -0.0361. The molecule has 1 aromatic carbocycles. The van der Waals surface area contributed by atoms with Gasteiger partial charge in [0.2, 0.25) is 0 Å². The zero-order chi connectivity index (χ0) is 17.2. The fraction of sp³-hybridized carbons (Fsp3) is 0.211. The van der Waals surface area contributed by atoms with Crippen molar-refractivity contribution in [3.8, 4) is 11.4 Å². The molecular weight excluding hydrogens is 380 g/mol. The molecule has 0 spiro atoms. The minimum Gasteiger partial charge on any atom is -0.306 e. The van der Waals surface area contributed by atoms with Gasteiger partial charge in [-0.25, -0.2) is 4.98 Å². The molecule has 126 valence electrons. The number of aromatic amines is 1. The highest BCUT2D eigenvalue weighted by Gasteiger charge is 2.21. The van der Waals surface area contributed by atoms with Crippen molar-refractivity contribution in [2.45, 2.75) is 19.5 Å². The van der Waals surface area contributed by atoms with Crippen molar-refractivity contribution in [2.75, 3.05) is 6.54 Å². The average molecular weight is 397 g/mol. The normalized spacial score (nSPS) is 14.3. The molecule has 1 aliphatic heterocycles. The van der Waals surface area contributed by atoms with E-state index in [-0.39, 0.29) is 5.56 Å². The van der Waals surface area contributed by atoms with E-state index < -0.39 is 0 Å². The third kappa shape index (κ3) is 3.55. The maximum absolute atomic E-state index is 12.4. The van der Waals surface area contributed by atoms with Crippen molar-refractivity contribution in [1.29, 1.82) is 0 Å². The predicted octanol–water partition coefficient (Wildman–Crippen LogP) is 3.15. The lowest BCUT2D eigenvalue weighted by Gasteiger charge is -2.27. The minimum absolute atomic E-state index is 0.0361. The van der Waals surface area contributed by atoms with E-state index in [0.29, 0.717) is 12.4 Å². The van der Waals surface area contributed by atoms with E-state index in [9.17, 15) is 4.79 Å². The number of hydrogen-bond acceptors (Lipinski definition) is 4. The number of pyridine rings is 1. The fourth-order valence-electron chi connectivity index (χ4n) is 3.16. The van der Waals surface area contributed by atoms with Crippen LogP contribution in [0, 0.1) is 0 Å². The molecule has 0 fully saturated rings. The molecule has 3 aromatic rings. The van der Waals surface area contributed by atoms with Crippen molar-refractivity contribution in [2.24, 2.45) is 0 Å². The van der Waals surface area contributed by atoms with Crippen LogP contribution in [-0.2, 0) is 19.5 Å². The summed E-state index contributed by atoms with van der Waals surface area (Å²) in [6.07, 6.45) is 4.14. The Hall–Kier alpha value is -2.31. The van der Waals surface area contributed by atoms with Crippen molar-refractivity contribution in [1.82, 2.24) is 19.9 Å². The van der Waals surface area contributed by atoms with E-state index in [4.69, 9.17) is 4.98 Å². The van der Waals surface area contributed by atoms with Crippen LogP contribution in [0.4, 0.5) is 0 Å². The van der Waals surface area contributed by atoms with Crippen LogP contribution in [0.5, 0.6) is 0 Å². The van der Waals surface area contributed by atoms with E-state index in [0.717, 1.165) is 40.8 Å². The number of H-pyrrole nitrogens is 1. The molecule has 0 amide bonds. The first-order chi connectivity index (χ1) is 12.2. The SMILES string of the molecule is O=c1[nH]c(-c2cccnc2)nc2c1CCN(Cc1cccc(Br)c1)C2. The standard InChI is InChI=1S/C19H17BrN4O/c20-15-5-1-3-13(9-15)11-24-8-6-16-17(12-24)22-18(23-19(16)25)14-4-2-7-21-10-14/h1-5,7,9-10H,6,8,11-12H2,(H,22,23,25). The largest absolute Gasteiger partial charge is 0.306 e. The Bertz CT molecular complexity index is 955. The zero-order valence-electron chi connectivity index (χ0n) is 13.6. The molecule has 1 aliphatic rings. The van der Waals surface area contributed by atoms with Gasteiger partial charge >= 0.3 is 0 Å². The van der Waals surface area contributed by atoms with Gasteiger partial charge in [-0.2, -0.15) is 0 Å². The second-order valence-electron chi connectivity index (χ2n) is 6.17. The number of halogens is 1. The van der Waals surface area contributed by atoms with Gasteiger partial charge in [-0.05, 0) is 36.2 Å². The number of fused-ring (bicyclic) bond motifs is 1. The number of nitrogens with one attached hydrogen (secondary N) is 1. The number of rotatable bonds is 3. The molecule has 5 nitrogen and oxygen atoms in total. The second kappa shape index (κ2) is 6.90. The van der Waals surface area contributed by atoms with Crippen molar-refractivity contribution in [3.63, 3.8) is 0 Å². The molecule has 2 aromatic heterocycles. The summed E-state index contributed by atoms with van der Waals surface area (Å²) in [4.78, 5) is 26.5. The third-order valence-electron chi connectivity index (χ3n) is 4.38. The molecule has 0 saturated carbocycles. The Labute approximate surface area is 153 Å². The van der Waals surface area contributed by atoms with Crippen molar-refractivity contribution >= 4 is 15.9 Å². The quantitative estimate of drug-likeness (QED) is 0.738. The number of aromatic nitrogens is 3. The number of nitrogens with zero attached hydrogens (tertiary/aromatic N) is 3. The number of hydrogen-bond donors (Lipinski definition) is 1. The monoisotopic (exact) mass is 396 g/mol. The lowest BCUT2D eigenvalue weighted by Crippen LogP contribution is -2.35. The van der Waals surface area contributed by atoms with Gasteiger partial charge in [0.1, 0.15) is 5.82 Å². The molecule has 0 unspecified atom stereocenters. The van der Waals surface area contributed by atoms with Crippen LogP contribution in [0.3, 0.4) is 0 Å². The van der Waals surface area contributed by atoms with Gasteiger partial charge in [-0.3, -0.25) is 14.7 Å². The molecule has 0 atom stereocenters. The Morgan fingerprint density at radius 2 is 2.16 bits per heavy atom. The molecule has 0 bridgehead atoms. The first kappa shape index (κ1) is 16.2. The summed E-state index contributed by atoms with van der Waals surface area (Å²) in [5, 5.41) is 0. The molecule has 1 N–H and O–H groups in total. The van der Waals surface area contributed by atoms with E-state index in [1.165, 1.54) is 5.56 Å². The Morgan fingerprint density at radius 3 is 2.96 bits per heavy atom. The van der Waals surface area contributed by atoms with Gasteiger partial charge in [0.15, 0.2) is 0 Å². The summed E-state index contributed by atoms with van der Waals surface area (Å²) in [5.41, 5.74) is 3.70. The van der Waals surface area contributed by atoms with Gasteiger partial charge in [-0.15, -0.1) is 0 Å². The van der Waals surface area contributed by atoms with Crippen LogP contribution in [0.15, 0.2) is 58.1 Å². The van der Waals surface area contributed by atoms with Gasteiger partial charge in [0.05, 0.1) is 5.69 Å². The molecule has 25 heavy (non-hydrogen) atoms. The molecule has 0 radical (unpaired) electrons. The topological polar surface area (TPSA) is 61.9 Å². The fourth-order valence-corrected chi connectivity index (χ4v) is 3.61. The van der Waals surface area contributed by atoms with Gasteiger partial charge in [-0.1, -0.05) is 28.1 Å². The summed E-state index contributed by atoms with van der Waals surface area (Å²) in [6.45, 7) is 2.38. The Morgan fingerprint density at radius 1 is 1.24 bits per heavy atom. The average Bonchev–Trinajstić information content (AvgIpc) is 2.62. The van der Waals surface area contributed by atoms with Gasteiger partial charge in [0.25, 0.3) is 5.56 Å². The highest BCUT2D eigenvalue weighted by Crippen LogP contribution is 2.20. The summed E-state index contributed by atoms with van der Waals surface area (Å²) >= 11 is 3.52. The van der Waals surface area contributed by atoms with Crippen LogP contribution in [0.1, 0.15) is 16.8 Å². The van der Waals surface area contributed by atoms with Gasteiger partial charge < -0.3 is 4.98 Å². The van der Waals surface area contributed by atoms with E-state index in [1.54, 1.807) is 12.4 Å². The van der Waals surface area contributed by atoms with Crippen LogP contribution in [0.2, 0.25) is 0 Å². The summed E-state index contributed by atoms with van der Waals surface area (Å²) in [5.74, 6) is 0.584. The first-order valence-electron chi connectivity index (χ1n) is 8.18. The van der Waals surface area contributed by atoms with Crippen molar-refractivity contribution in [3.05, 3.63) is 80.4 Å². The summed E-state index contributed by atoms with van der Waals surface area (Å²) in [6, 6.07) is 12.1. The van der Waals surface area contributed by atoms with E-state index >= 15 is 0 Å². The highest BCUT2D eigenvalue weighted by atomic mass is 79.9.